The monoisotopic (exact) mass is 351 g/mol. The van der Waals surface area contributed by atoms with Crippen LogP contribution in [0.5, 0.6) is 0 Å². The fourth-order valence-corrected chi connectivity index (χ4v) is 4.08. The van der Waals surface area contributed by atoms with Crippen LogP contribution in [0.2, 0.25) is 0 Å². The number of hydrogen-bond acceptors (Lipinski definition) is 4. The average molecular weight is 351 g/mol. The number of carbonyl (C=O) groups excluding carboxylic acids is 1. The summed E-state index contributed by atoms with van der Waals surface area (Å²) in [6, 6.07) is 18.8. The maximum absolute atomic E-state index is 12.4. The lowest BCUT2D eigenvalue weighted by molar-refractivity contribution is -0.122. The second kappa shape index (κ2) is 7.35. The van der Waals surface area contributed by atoms with Crippen molar-refractivity contribution in [2.24, 2.45) is 0 Å². The van der Waals surface area contributed by atoms with Crippen LogP contribution < -0.4 is 16.2 Å². The molecule has 3 N–H and O–H groups in total. The molecule has 4 nitrogen and oxygen atoms in total. The third-order valence-electron chi connectivity index (χ3n) is 4.67. The van der Waals surface area contributed by atoms with Crippen molar-refractivity contribution in [3.63, 3.8) is 0 Å². The van der Waals surface area contributed by atoms with Crippen molar-refractivity contribution < 1.29 is 4.79 Å². The van der Waals surface area contributed by atoms with E-state index in [4.69, 9.17) is 0 Å². The number of hydrazine groups is 1. The van der Waals surface area contributed by atoms with Gasteiger partial charge in [-0.2, -0.15) is 0 Å². The Kier molecular flexibility index (Phi) is 4.78. The third kappa shape index (κ3) is 3.58. The van der Waals surface area contributed by atoms with Crippen molar-refractivity contribution in [2.75, 3.05) is 6.54 Å². The first-order valence-corrected chi connectivity index (χ1v) is 9.48. The van der Waals surface area contributed by atoms with Crippen molar-refractivity contribution in [3.05, 3.63) is 70.4 Å². The van der Waals surface area contributed by atoms with Gasteiger partial charge in [0.2, 0.25) is 5.91 Å². The molecule has 128 valence electrons. The van der Waals surface area contributed by atoms with Gasteiger partial charge < -0.3 is 5.32 Å². The van der Waals surface area contributed by atoms with E-state index in [1.165, 1.54) is 21.2 Å². The standard InChI is InChI=1S/C20H21N3OS/c24-20(21-11-10-15-7-4-12-25-15)19-13-18(22-23-19)17-9-3-6-14-5-1-2-8-16(14)17/h1-9,12,18-19,22-23H,10-11,13H2,(H,21,24). The number of benzene rings is 2. The van der Waals surface area contributed by atoms with Gasteiger partial charge in [0.05, 0.1) is 0 Å². The van der Waals surface area contributed by atoms with Gasteiger partial charge in [0.25, 0.3) is 0 Å². The molecule has 4 rings (SSSR count). The molecule has 2 heterocycles. The van der Waals surface area contributed by atoms with Crippen molar-refractivity contribution in [1.82, 2.24) is 16.2 Å². The van der Waals surface area contributed by atoms with Gasteiger partial charge in [-0.3, -0.25) is 4.79 Å². The largest absolute Gasteiger partial charge is 0.354 e. The molecule has 25 heavy (non-hydrogen) atoms. The van der Waals surface area contributed by atoms with Crippen molar-refractivity contribution >= 4 is 28.0 Å². The van der Waals surface area contributed by atoms with Gasteiger partial charge in [-0.1, -0.05) is 48.5 Å². The van der Waals surface area contributed by atoms with Crippen LogP contribution in [0.15, 0.2) is 60.0 Å². The maximum atomic E-state index is 12.4. The number of nitrogens with one attached hydrogen (secondary N) is 3. The lowest BCUT2D eigenvalue weighted by Crippen LogP contribution is -2.43. The number of carbonyl (C=O) groups is 1. The van der Waals surface area contributed by atoms with Crippen LogP contribution in [0.25, 0.3) is 10.8 Å². The summed E-state index contributed by atoms with van der Waals surface area (Å²) in [7, 11) is 0. The number of thiophene rings is 1. The van der Waals surface area contributed by atoms with Gasteiger partial charge in [0.15, 0.2) is 0 Å². The first kappa shape index (κ1) is 16.3. The molecule has 1 aromatic heterocycles. The molecule has 0 aliphatic carbocycles. The highest BCUT2D eigenvalue weighted by molar-refractivity contribution is 7.09. The predicted octanol–water partition coefficient (Wildman–Crippen LogP) is 3.17. The number of fused-ring (bicyclic) bond motifs is 1. The molecule has 2 atom stereocenters. The summed E-state index contributed by atoms with van der Waals surface area (Å²) in [6.45, 7) is 0.677. The van der Waals surface area contributed by atoms with E-state index in [9.17, 15) is 4.79 Å². The maximum Gasteiger partial charge on any atom is 0.238 e. The molecule has 1 saturated heterocycles. The molecule has 1 fully saturated rings. The highest BCUT2D eigenvalue weighted by atomic mass is 32.1. The summed E-state index contributed by atoms with van der Waals surface area (Å²) in [6.07, 6.45) is 1.63. The quantitative estimate of drug-likeness (QED) is 0.662. The smallest absolute Gasteiger partial charge is 0.238 e. The van der Waals surface area contributed by atoms with E-state index in [0.29, 0.717) is 6.54 Å². The van der Waals surface area contributed by atoms with E-state index < -0.39 is 0 Å². The molecule has 5 heteroatoms. The third-order valence-corrected chi connectivity index (χ3v) is 5.61. The van der Waals surface area contributed by atoms with Crippen LogP contribution in [-0.2, 0) is 11.2 Å². The Bertz CT molecular complexity index is 857. The van der Waals surface area contributed by atoms with E-state index in [0.717, 1.165) is 12.8 Å². The summed E-state index contributed by atoms with van der Waals surface area (Å²) < 4.78 is 0. The molecule has 0 saturated carbocycles. The normalized spacial score (nSPS) is 20.0. The van der Waals surface area contributed by atoms with Crippen LogP contribution in [0, 0.1) is 0 Å². The van der Waals surface area contributed by atoms with E-state index in [1.54, 1.807) is 11.3 Å². The minimum Gasteiger partial charge on any atom is -0.354 e. The lowest BCUT2D eigenvalue weighted by atomic mass is 9.96. The first-order chi connectivity index (χ1) is 12.3. The number of amides is 1. The van der Waals surface area contributed by atoms with Gasteiger partial charge in [-0.05, 0) is 40.6 Å². The van der Waals surface area contributed by atoms with Crippen molar-refractivity contribution in [1.29, 1.82) is 0 Å². The lowest BCUT2D eigenvalue weighted by Gasteiger charge is -2.13. The molecule has 2 aromatic carbocycles. The zero-order valence-electron chi connectivity index (χ0n) is 13.9. The Morgan fingerprint density at radius 1 is 1.08 bits per heavy atom. The summed E-state index contributed by atoms with van der Waals surface area (Å²) in [5, 5.41) is 7.57. The summed E-state index contributed by atoms with van der Waals surface area (Å²) in [5.74, 6) is 0.0618. The minimum atomic E-state index is -0.202. The minimum absolute atomic E-state index is 0.0618. The molecular weight excluding hydrogens is 330 g/mol. The van der Waals surface area contributed by atoms with Gasteiger partial charge in [-0.25, -0.2) is 10.9 Å². The Labute approximate surface area is 151 Å². The van der Waals surface area contributed by atoms with Gasteiger partial charge in [0, 0.05) is 17.5 Å². The summed E-state index contributed by atoms with van der Waals surface area (Å²) in [5.41, 5.74) is 7.68. The Balaban J connectivity index is 1.38. The second-order valence-corrected chi connectivity index (χ2v) is 7.35. The second-order valence-electron chi connectivity index (χ2n) is 6.32. The van der Waals surface area contributed by atoms with Gasteiger partial charge in [-0.15, -0.1) is 11.3 Å². The van der Waals surface area contributed by atoms with E-state index in [2.05, 4.69) is 70.1 Å². The zero-order valence-corrected chi connectivity index (χ0v) is 14.7. The van der Waals surface area contributed by atoms with Crippen LogP contribution in [0.1, 0.15) is 22.9 Å². The molecule has 0 radical (unpaired) electrons. The SMILES string of the molecule is O=C(NCCc1cccs1)C1CC(c2cccc3ccccc23)NN1. The molecule has 1 amide bonds. The van der Waals surface area contributed by atoms with E-state index >= 15 is 0 Å². The fourth-order valence-electron chi connectivity index (χ4n) is 3.37. The average Bonchev–Trinajstić information content (AvgIpc) is 3.33. The van der Waals surface area contributed by atoms with E-state index in [1.807, 2.05) is 6.07 Å². The molecule has 3 aromatic rings. The summed E-state index contributed by atoms with van der Waals surface area (Å²) >= 11 is 1.73. The zero-order chi connectivity index (χ0) is 17.1. The number of hydrogen-bond donors (Lipinski definition) is 3. The van der Waals surface area contributed by atoms with Gasteiger partial charge >= 0.3 is 0 Å². The highest BCUT2D eigenvalue weighted by Crippen LogP contribution is 2.29. The highest BCUT2D eigenvalue weighted by Gasteiger charge is 2.30. The van der Waals surface area contributed by atoms with Crippen LogP contribution >= 0.6 is 11.3 Å². The van der Waals surface area contributed by atoms with Crippen LogP contribution in [0.4, 0.5) is 0 Å². The molecule has 1 aliphatic rings. The van der Waals surface area contributed by atoms with Crippen molar-refractivity contribution in [3.8, 4) is 0 Å². The first-order valence-electron chi connectivity index (χ1n) is 8.60. The predicted molar refractivity (Wildman–Crippen MR) is 102 cm³/mol. The fraction of sp³-hybridized carbons (Fsp3) is 0.250. The summed E-state index contributed by atoms with van der Waals surface area (Å²) in [4.78, 5) is 13.7. The molecule has 0 bridgehead atoms. The molecule has 1 aliphatic heterocycles. The topological polar surface area (TPSA) is 53.2 Å². The molecular formula is C20H21N3OS. The Morgan fingerprint density at radius 2 is 1.96 bits per heavy atom. The van der Waals surface area contributed by atoms with Crippen LogP contribution in [0.3, 0.4) is 0 Å². The van der Waals surface area contributed by atoms with Gasteiger partial charge in [0.1, 0.15) is 6.04 Å². The van der Waals surface area contributed by atoms with Crippen LogP contribution in [-0.4, -0.2) is 18.5 Å². The number of rotatable bonds is 5. The molecule has 2 unspecified atom stereocenters. The van der Waals surface area contributed by atoms with Crippen molar-refractivity contribution in [2.45, 2.75) is 24.9 Å². The van der Waals surface area contributed by atoms with E-state index in [-0.39, 0.29) is 18.0 Å². The Morgan fingerprint density at radius 3 is 2.84 bits per heavy atom. The Hall–Kier alpha value is -2.21. The molecule has 0 spiro atoms.